The number of aromatic carboxylic acids is 1. The zero-order valence-electron chi connectivity index (χ0n) is 8.51. The number of ether oxygens (including phenoxy) is 1. The molecule has 0 aliphatic carbocycles. The summed E-state index contributed by atoms with van der Waals surface area (Å²) in [6.07, 6.45) is 2.38. The van der Waals surface area contributed by atoms with Crippen LogP contribution in [0.5, 0.6) is 0 Å². The first kappa shape index (κ1) is 11.2. The molecule has 0 saturated carbocycles. The van der Waals surface area contributed by atoms with Gasteiger partial charge in [0.25, 0.3) is 0 Å². The van der Waals surface area contributed by atoms with Crippen molar-refractivity contribution in [1.29, 1.82) is 0 Å². The fourth-order valence-electron chi connectivity index (χ4n) is 1.01. The van der Waals surface area contributed by atoms with E-state index in [1.807, 2.05) is 0 Å². The molecule has 1 N–H and O–H groups in total. The van der Waals surface area contributed by atoms with Crippen LogP contribution < -0.4 is 0 Å². The van der Waals surface area contributed by atoms with Gasteiger partial charge in [-0.1, -0.05) is 0 Å². The van der Waals surface area contributed by atoms with E-state index in [0.29, 0.717) is 0 Å². The summed E-state index contributed by atoms with van der Waals surface area (Å²) in [6, 6.07) is 0. The molecular weight excluding hydrogens is 200 g/mol. The van der Waals surface area contributed by atoms with Gasteiger partial charge in [0.1, 0.15) is 6.54 Å². The van der Waals surface area contributed by atoms with Crippen molar-refractivity contribution in [1.82, 2.24) is 9.55 Å². The number of aromatic nitrogens is 2. The minimum Gasteiger partial charge on any atom is -0.476 e. The van der Waals surface area contributed by atoms with Crippen molar-refractivity contribution in [2.24, 2.45) is 0 Å². The van der Waals surface area contributed by atoms with Crippen LogP contribution in [0, 0.1) is 0 Å². The van der Waals surface area contributed by atoms with Gasteiger partial charge in [-0.05, 0) is 13.8 Å². The smallest absolute Gasteiger partial charge is 0.356 e. The normalized spacial score (nSPS) is 10.3. The molecule has 0 aliphatic rings. The zero-order chi connectivity index (χ0) is 11.4. The van der Waals surface area contributed by atoms with Gasteiger partial charge in [-0.15, -0.1) is 0 Å². The molecule has 0 bridgehead atoms. The molecule has 6 heteroatoms. The van der Waals surface area contributed by atoms with Crippen LogP contribution in [0.1, 0.15) is 24.3 Å². The highest BCUT2D eigenvalue weighted by Gasteiger charge is 2.10. The van der Waals surface area contributed by atoms with Gasteiger partial charge in [0.05, 0.1) is 12.4 Å². The number of carboxylic acid groups (broad SMARTS) is 1. The van der Waals surface area contributed by atoms with Crippen LogP contribution in [0.2, 0.25) is 0 Å². The molecule has 0 spiro atoms. The van der Waals surface area contributed by atoms with E-state index in [1.165, 1.54) is 17.1 Å². The van der Waals surface area contributed by atoms with Gasteiger partial charge in [0.2, 0.25) is 0 Å². The minimum absolute atomic E-state index is 0.0293. The molecule has 1 aromatic heterocycles. The standard InChI is InChI=1S/C9H12N2O4/c1-6(2)15-8(12)4-11-3-7(9(13)14)10-5-11/h3,5-6H,4H2,1-2H3,(H,13,14). The van der Waals surface area contributed by atoms with Crippen LogP contribution in [0.15, 0.2) is 12.5 Å². The van der Waals surface area contributed by atoms with Crippen molar-refractivity contribution in [3.05, 3.63) is 18.2 Å². The van der Waals surface area contributed by atoms with E-state index in [1.54, 1.807) is 13.8 Å². The van der Waals surface area contributed by atoms with E-state index < -0.39 is 11.9 Å². The van der Waals surface area contributed by atoms with Crippen LogP contribution in [-0.4, -0.2) is 32.7 Å². The van der Waals surface area contributed by atoms with Crippen LogP contribution in [0.3, 0.4) is 0 Å². The number of carboxylic acids is 1. The summed E-state index contributed by atoms with van der Waals surface area (Å²) in [7, 11) is 0. The minimum atomic E-state index is -1.12. The van der Waals surface area contributed by atoms with E-state index >= 15 is 0 Å². The number of esters is 1. The fourth-order valence-corrected chi connectivity index (χ4v) is 1.01. The Labute approximate surface area is 86.5 Å². The predicted molar refractivity (Wildman–Crippen MR) is 50.4 cm³/mol. The highest BCUT2D eigenvalue weighted by atomic mass is 16.5. The van der Waals surface area contributed by atoms with Gasteiger partial charge >= 0.3 is 11.9 Å². The maximum Gasteiger partial charge on any atom is 0.356 e. The Hall–Kier alpha value is -1.85. The summed E-state index contributed by atoms with van der Waals surface area (Å²) in [5.74, 6) is -1.54. The molecule has 0 radical (unpaired) electrons. The predicted octanol–water partition coefficient (Wildman–Crippen LogP) is 0.533. The molecule has 0 aliphatic heterocycles. The number of imidazole rings is 1. The molecule has 15 heavy (non-hydrogen) atoms. The third-order valence-electron chi connectivity index (χ3n) is 1.53. The summed E-state index contributed by atoms with van der Waals surface area (Å²) in [5.41, 5.74) is -0.0904. The molecule has 0 unspecified atom stereocenters. The third kappa shape index (κ3) is 3.41. The monoisotopic (exact) mass is 212 g/mol. The average molecular weight is 212 g/mol. The molecule has 0 fully saturated rings. The Morgan fingerprint density at radius 3 is 2.73 bits per heavy atom. The number of nitrogens with zero attached hydrogens (tertiary/aromatic N) is 2. The first-order valence-corrected chi connectivity index (χ1v) is 4.43. The van der Waals surface area contributed by atoms with Crippen molar-refractivity contribution in [2.45, 2.75) is 26.5 Å². The highest BCUT2D eigenvalue weighted by Crippen LogP contribution is 1.98. The summed E-state index contributed by atoms with van der Waals surface area (Å²) >= 11 is 0. The van der Waals surface area contributed by atoms with Gasteiger partial charge in [0, 0.05) is 6.20 Å². The first-order chi connectivity index (χ1) is 6.99. The van der Waals surface area contributed by atoms with Gasteiger partial charge in [-0.3, -0.25) is 4.79 Å². The highest BCUT2D eigenvalue weighted by molar-refractivity contribution is 5.85. The second-order valence-electron chi connectivity index (χ2n) is 3.28. The topological polar surface area (TPSA) is 81.4 Å². The molecule has 1 heterocycles. The summed E-state index contributed by atoms with van der Waals surface area (Å²) in [5, 5.41) is 8.59. The van der Waals surface area contributed by atoms with Crippen molar-refractivity contribution < 1.29 is 19.4 Å². The fraction of sp³-hybridized carbons (Fsp3) is 0.444. The SMILES string of the molecule is CC(C)OC(=O)Cn1cnc(C(=O)O)c1. The van der Waals surface area contributed by atoms with Gasteiger partial charge < -0.3 is 14.4 Å². The van der Waals surface area contributed by atoms with Crippen molar-refractivity contribution >= 4 is 11.9 Å². The summed E-state index contributed by atoms with van der Waals surface area (Å²) < 4.78 is 6.26. The Morgan fingerprint density at radius 1 is 1.60 bits per heavy atom. The quantitative estimate of drug-likeness (QED) is 0.736. The number of carbonyl (C=O) groups excluding carboxylic acids is 1. The molecular formula is C9H12N2O4. The second kappa shape index (κ2) is 4.59. The average Bonchev–Trinajstić information content (AvgIpc) is 2.50. The number of carbonyl (C=O) groups is 2. The lowest BCUT2D eigenvalue weighted by atomic mass is 10.5. The number of rotatable bonds is 4. The number of hydrogen-bond acceptors (Lipinski definition) is 4. The van der Waals surface area contributed by atoms with Crippen LogP contribution in [0.25, 0.3) is 0 Å². The van der Waals surface area contributed by atoms with E-state index in [9.17, 15) is 9.59 Å². The molecule has 82 valence electrons. The Morgan fingerprint density at radius 2 is 2.27 bits per heavy atom. The molecule has 0 saturated heterocycles. The molecule has 0 atom stereocenters. The lowest BCUT2D eigenvalue weighted by Crippen LogP contribution is -2.16. The van der Waals surface area contributed by atoms with E-state index in [0.717, 1.165) is 0 Å². The lowest BCUT2D eigenvalue weighted by molar-refractivity contribution is -0.148. The van der Waals surface area contributed by atoms with Gasteiger partial charge in [-0.25, -0.2) is 9.78 Å². The van der Waals surface area contributed by atoms with Crippen molar-refractivity contribution in [3.8, 4) is 0 Å². The maximum absolute atomic E-state index is 11.2. The second-order valence-corrected chi connectivity index (χ2v) is 3.28. The maximum atomic E-state index is 11.2. The number of hydrogen-bond donors (Lipinski definition) is 1. The summed E-state index contributed by atoms with van der Waals surface area (Å²) in [6.45, 7) is 3.46. The largest absolute Gasteiger partial charge is 0.476 e. The molecule has 1 aromatic rings. The van der Waals surface area contributed by atoms with E-state index in [-0.39, 0.29) is 18.3 Å². The lowest BCUT2D eigenvalue weighted by Gasteiger charge is -2.07. The molecule has 1 rings (SSSR count). The molecule has 0 amide bonds. The third-order valence-corrected chi connectivity index (χ3v) is 1.53. The Bertz CT molecular complexity index is 370. The molecule has 6 nitrogen and oxygen atoms in total. The van der Waals surface area contributed by atoms with Gasteiger partial charge in [-0.2, -0.15) is 0 Å². The van der Waals surface area contributed by atoms with Crippen LogP contribution in [-0.2, 0) is 16.1 Å². The zero-order valence-corrected chi connectivity index (χ0v) is 8.51. The molecule has 0 aromatic carbocycles. The van der Waals surface area contributed by atoms with Crippen LogP contribution in [0.4, 0.5) is 0 Å². The Balaban J connectivity index is 2.57. The van der Waals surface area contributed by atoms with Crippen molar-refractivity contribution in [2.75, 3.05) is 0 Å². The van der Waals surface area contributed by atoms with Gasteiger partial charge in [0.15, 0.2) is 5.69 Å². The van der Waals surface area contributed by atoms with E-state index in [4.69, 9.17) is 9.84 Å². The summed E-state index contributed by atoms with van der Waals surface area (Å²) in [4.78, 5) is 25.3. The van der Waals surface area contributed by atoms with Crippen molar-refractivity contribution in [3.63, 3.8) is 0 Å². The van der Waals surface area contributed by atoms with E-state index in [2.05, 4.69) is 4.98 Å². The first-order valence-electron chi connectivity index (χ1n) is 4.43. The van der Waals surface area contributed by atoms with Crippen LogP contribution >= 0.6 is 0 Å². The Kier molecular flexibility index (Phi) is 3.43.